The number of carbonyl (C=O) groups excluding carboxylic acids is 1. The van der Waals surface area contributed by atoms with Crippen LogP contribution in [0.1, 0.15) is 28.4 Å². The van der Waals surface area contributed by atoms with Gasteiger partial charge in [0.25, 0.3) is 5.91 Å². The maximum Gasteiger partial charge on any atom is 0.257 e. The summed E-state index contributed by atoms with van der Waals surface area (Å²) >= 11 is 0. The second-order valence-corrected chi connectivity index (χ2v) is 5.39. The van der Waals surface area contributed by atoms with Gasteiger partial charge in [0.15, 0.2) is 17.5 Å². The number of halogens is 3. The first kappa shape index (κ1) is 15.5. The summed E-state index contributed by atoms with van der Waals surface area (Å²) in [4.78, 5) is 17.4. The van der Waals surface area contributed by atoms with Gasteiger partial charge in [-0.1, -0.05) is 6.07 Å². The Morgan fingerprint density at radius 2 is 1.96 bits per heavy atom. The molecule has 1 aliphatic heterocycles. The summed E-state index contributed by atoms with van der Waals surface area (Å²) in [5, 5.41) is 9.85. The van der Waals surface area contributed by atoms with Crippen LogP contribution in [0.25, 0.3) is 0 Å². The van der Waals surface area contributed by atoms with E-state index in [-0.39, 0.29) is 18.5 Å². The van der Waals surface area contributed by atoms with Gasteiger partial charge in [0.05, 0.1) is 23.9 Å². The Morgan fingerprint density at radius 3 is 2.65 bits per heavy atom. The van der Waals surface area contributed by atoms with Crippen molar-refractivity contribution in [3.05, 3.63) is 65.2 Å². The van der Waals surface area contributed by atoms with Crippen molar-refractivity contribution in [1.82, 2.24) is 9.88 Å². The number of hydrogen-bond donors (Lipinski definition) is 1. The number of amides is 1. The van der Waals surface area contributed by atoms with Gasteiger partial charge in [-0.3, -0.25) is 9.78 Å². The number of nitrogens with zero attached hydrogens (tertiary/aromatic N) is 2. The first-order valence-corrected chi connectivity index (χ1v) is 7.01. The molecule has 1 aromatic carbocycles. The van der Waals surface area contributed by atoms with Crippen LogP contribution < -0.4 is 0 Å². The molecule has 1 fully saturated rings. The summed E-state index contributed by atoms with van der Waals surface area (Å²) in [5.41, 5.74) is 0.171. The molecule has 4 nitrogen and oxygen atoms in total. The molecule has 1 aromatic heterocycles. The van der Waals surface area contributed by atoms with E-state index in [4.69, 9.17) is 0 Å². The van der Waals surface area contributed by atoms with E-state index in [0.717, 1.165) is 18.3 Å². The highest BCUT2D eigenvalue weighted by Crippen LogP contribution is 2.34. The Bertz CT molecular complexity index is 754. The van der Waals surface area contributed by atoms with Crippen LogP contribution in [-0.2, 0) is 0 Å². The van der Waals surface area contributed by atoms with Crippen LogP contribution in [0.15, 0.2) is 36.7 Å². The van der Waals surface area contributed by atoms with Crippen molar-refractivity contribution >= 4 is 5.91 Å². The van der Waals surface area contributed by atoms with Gasteiger partial charge in [-0.2, -0.15) is 0 Å². The molecule has 0 aliphatic carbocycles. The Hall–Kier alpha value is -2.41. The number of pyridine rings is 1. The van der Waals surface area contributed by atoms with Gasteiger partial charge in [-0.25, -0.2) is 13.2 Å². The third kappa shape index (κ3) is 2.92. The molecular formula is C16H13F3N2O2. The van der Waals surface area contributed by atoms with Gasteiger partial charge in [-0.05, 0) is 30.2 Å². The van der Waals surface area contributed by atoms with Crippen molar-refractivity contribution in [2.24, 2.45) is 0 Å². The van der Waals surface area contributed by atoms with Crippen LogP contribution in [0.5, 0.6) is 0 Å². The zero-order chi connectivity index (χ0) is 16.6. The Labute approximate surface area is 130 Å². The van der Waals surface area contributed by atoms with Gasteiger partial charge in [0.2, 0.25) is 0 Å². The molecule has 0 radical (unpaired) electrons. The lowest BCUT2D eigenvalue weighted by Crippen LogP contribution is -2.32. The highest BCUT2D eigenvalue weighted by atomic mass is 19.2. The smallest absolute Gasteiger partial charge is 0.257 e. The Balaban J connectivity index is 1.95. The maximum atomic E-state index is 13.8. The maximum absolute atomic E-state index is 13.8. The van der Waals surface area contributed by atoms with E-state index >= 15 is 0 Å². The Kier molecular flexibility index (Phi) is 4.04. The average Bonchev–Trinajstić information content (AvgIpc) is 2.92. The number of aliphatic hydroxyl groups is 1. The quantitative estimate of drug-likeness (QED) is 0.924. The monoisotopic (exact) mass is 322 g/mol. The van der Waals surface area contributed by atoms with E-state index in [1.165, 1.54) is 23.2 Å². The summed E-state index contributed by atoms with van der Waals surface area (Å²) in [6.45, 7) is -0.00966. The zero-order valence-electron chi connectivity index (χ0n) is 11.9. The highest BCUT2D eigenvalue weighted by molar-refractivity contribution is 5.94. The predicted octanol–water partition coefficient (Wildman–Crippen LogP) is 2.45. The number of benzene rings is 1. The molecule has 2 heterocycles. The van der Waals surface area contributed by atoms with Crippen molar-refractivity contribution in [3.8, 4) is 0 Å². The standard InChI is InChI=1S/C16H13F3N2O2/c17-12-2-1-9(5-13(12)18)15-6-10(22)8-21(15)16(23)11-3-4-20-7-14(11)19/h1-5,7,10,15,22H,6,8H2/t10-,15-/m0/s1. The van der Waals surface area contributed by atoms with Gasteiger partial charge < -0.3 is 10.0 Å². The number of likely N-dealkylation sites (tertiary alicyclic amines) is 1. The minimum Gasteiger partial charge on any atom is -0.391 e. The fourth-order valence-electron chi connectivity index (χ4n) is 2.78. The van der Waals surface area contributed by atoms with Crippen molar-refractivity contribution in [2.45, 2.75) is 18.6 Å². The van der Waals surface area contributed by atoms with Crippen LogP contribution in [0.2, 0.25) is 0 Å². The first-order chi connectivity index (χ1) is 11.0. The van der Waals surface area contributed by atoms with Crippen molar-refractivity contribution in [1.29, 1.82) is 0 Å². The summed E-state index contributed by atoms with van der Waals surface area (Å²) in [6.07, 6.45) is 1.56. The fraction of sp³-hybridized carbons (Fsp3) is 0.250. The van der Waals surface area contributed by atoms with Crippen LogP contribution in [0.4, 0.5) is 13.2 Å². The van der Waals surface area contributed by atoms with Gasteiger partial charge in [-0.15, -0.1) is 0 Å². The Morgan fingerprint density at radius 1 is 1.17 bits per heavy atom. The van der Waals surface area contributed by atoms with Crippen molar-refractivity contribution in [3.63, 3.8) is 0 Å². The third-order valence-corrected chi connectivity index (χ3v) is 3.87. The molecule has 7 heteroatoms. The lowest BCUT2D eigenvalue weighted by molar-refractivity contribution is 0.0710. The molecule has 120 valence electrons. The topological polar surface area (TPSA) is 53.4 Å². The average molecular weight is 322 g/mol. The number of β-amino-alcohol motifs (C(OH)–C–C–N with tert-alkyl or cyclic N) is 1. The van der Waals surface area contributed by atoms with E-state index in [1.807, 2.05) is 0 Å². The summed E-state index contributed by atoms with van der Waals surface area (Å²) in [6, 6.07) is 3.89. The lowest BCUT2D eigenvalue weighted by atomic mass is 10.0. The van der Waals surface area contributed by atoms with Gasteiger partial charge >= 0.3 is 0 Å². The van der Waals surface area contributed by atoms with E-state index < -0.39 is 35.5 Å². The molecule has 0 spiro atoms. The molecule has 1 amide bonds. The van der Waals surface area contributed by atoms with Gasteiger partial charge in [0, 0.05) is 12.7 Å². The largest absolute Gasteiger partial charge is 0.391 e. The molecule has 1 saturated heterocycles. The minimum absolute atomic E-state index is 0.00966. The fourth-order valence-corrected chi connectivity index (χ4v) is 2.78. The predicted molar refractivity (Wildman–Crippen MR) is 75.0 cm³/mol. The number of rotatable bonds is 2. The lowest BCUT2D eigenvalue weighted by Gasteiger charge is -2.25. The number of hydrogen-bond acceptors (Lipinski definition) is 3. The SMILES string of the molecule is O=C(c1ccncc1F)N1C[C@@H](O)C[C@H]1c1ccc(F)c(F)c1. The van der Waals surface area contributed by atoms with E-state index in [9.17, 15) is 23.1 Å². The first-order valence-electron chi connectivity index (χ1n) is 7.01. The molecule has 1 aliphatic rings. The molecule has 23 heavy (non-hydrogen) atoms. The normalized spacial score (nSPS) is 20.8. The van der Waals surface area contributed by atoms with Crippen LogP contribution in [0.3, 0.4) is 0 Å². The molecule has 0 saturated carbocycles. The molecule has 1 N–H and O–H groups in total. The van der Waals surface area contributed by atoms with E-state index in [2.05, 4.69) is 4.98 Å². The van der Waals surface area contributed by atoms with Crippen LogP contribution >= 0.6 is 0 Å². The molecule has 2 aromatic rings. The van der Waals surface area contributed by atoms with Gasteiger partial charge in [0.1, 0.15) is 0 Å². The molecular weight excluding hydrogens is 309 g/mol. The zero-order valence-corrected chi connectivity index (χ0v) is 11.9. The number of carbonyl (C=O) groups is 1. The highest BCUT2D eigenvalue weighted by Gasteiger charge is 2.36. The number of aliphatic hydroxyl groups excluding tert-OH is 1. The van der Waals surface area contributed by atoms with Crippen molar-refractivity contribution < 1.29 is 23.1 Å². The second-order valence-electron chi connectivity index (χ2n) is 5.39. The summed E-state index contributed by atoms with van der Waals surface area (Å²) in [5.74, 6) is -3.43. The molecule has 0 unspecified atom stereocenters. The van der Waals surface area contributed by atoms with Crippen LogP contribution in [0, 0.1) is 17.5 Å². The number of aromatic nitrogens is 1. The molecule has 3 rings (SSSR count). The summed E-state index contributed by atoms with van der Waals surface area (Å²) < 4.78 is 40.3. The molecule has 2 atom stereocenters. The second kappa shape index (κ2) is 6.00. The molecule has 0 bridgehead atoms. The minimum atomic E-state index is -1.04. The summed E-state index contributed by atoms with van der Waals surface area (Å²) in [7, 11) is 0. The third-order valence-electron chi connectivity index (χ3n) is 3.87. The van der Waals surface area contributed by atoms with Crippen LogP contribution in [-0.4, -0.2) is 33.5 Å². The van der Waals surface area contributed by atoms with E-state index in [0.29, 0.717) is 5.56 Å². The van der Waals surface area contributed by atoms with Crippen molar-refractivity contribution in [2.75, 3.05) is 6.54 Å². The van der Waals surface area contributed by atoms with E-state index in [1.54, 1.807) is 0 Å².